The molecule has 4 heteroatoms. The SMILES string of the molecule is O=C(Nc1ccc(CO)cc1)[C@H]1CCCN1. The summed E-state index contributed by atoms with van der Waals surface area (Å²) in [5.74, 6) is 0.0225. The summed E-state index contributed by atoms with van der Waals surface area (Å²) in [6, 6.07) is 7.16. The Balaban J connectivity index is 1.94. The number of hydrogen-bond donors (Lipinski definition) is 3. The van der Waals surface area contributed by atoms with Gasteiger partial charge in [0.05, 0.1) is 12.6 Å². The second-order valence-electron chi connectivity index (χ2n) is 3.99. The van der Waals surface area contributed by atoms with Crippen LogP contribution in [0.5, 0.6) is 0 Å². The van der Waals surface area contributed by atoms with Gasteiger partial charge in [-0.05, 0) is 37.1 Å². The van der Waals surface area contributed by atoms with Crippen LogP contribution in [0.25, 0.3) is 0 Å². The number of hydrogen-bond acceptors (Lipinski definition) is 3. The fraction of sp³-hybridized carbons (Fsp3) is 0.417. The van der Waals surface area contributed by atoms with Crippen LogP contribution in [0.15, 0.2) is 24.3 Å². The number of benzene rings is 1. The standard InChI is InChI=1S/C12H16N2O2/c15-8-9-3-5-10(6-4-9)14-12(16)11-2-1-7-13-11/h3-6,11,13,15H,1-2,7-8H2,(H,14,16)/t11-/m1/s1. The van der Waals surface area contributed by atoms with Gasteiger partial charge in [0.2, 0.25) is 5.91 Å². The Labute approximate surface area is 94.7 Å². The Bertz CT molecular complexity index is 356. The lowest BCUT2D eigenvalue weighted by atomic mass is 10.2. The first-order chi connectivity index (χ1) is 7.79. The molecule has 3 N–H and O–H groups in total. The highest BCUT2D eigenvalue weighted by atomic mass is 16.3. The van der Waals surface area contributed by atoms with Crippen LogP contribution < -0.4 is 10.6 Å². The summed E-state index contributed by atoms with van der Waals surface area (Å²) in [6.07, 6.45) is 1.96. The van der Waals surface area contributed by atoms with Crippen molar-refractivity contribution in [1.82, 2.24) is 5.32 Å². The maximum atomic E-state index is 11.7. The van der Waals surface area contributed by atoms with Crippen LogP contribution in [0.1, 0.15) is 18.4 Å². The molecule has 1 fully saturated rings. The Hall–Kier alpha value is -1.39. The van der Waals surface area contributed by atoms with Crippen molar-refractivity contribution in [3.63, 3.8) is 0 Å². The van der Waals surface area contributed by atoms with Gasteiger partial charge in [-0.2, -0.15) is 0 Å². The quantitative estimate of drug-likeness (QED) is 0.708. The van der Waals surface area contributed by atoms with Gasteiger partial charge in [0.25, 0.3) is 0 Å². The molecule has 1 aliphatic heterocycles. The third-order valence-electron chi connectivity index (χ3n) is 2.78. The van der Waals surface area contributed by atoms with Gasteiger partial charge in [-0.25, -0.2) is 0 Å². The summed E-state index contributed by atoms with van der Waals surface area (Å²) in [5, 5.41) is 14.9. The van der Waals surface area contributed by atoms with E-state index in [1.807, 2.05) is 0 Å². The second kappa shape index (κ2) is 5.09. The number of aliphatic hydroxyl groups is 1. The highest BCUT2D eigenvalue weighted by molar-refractivity contribution is 5.94. The third-order valence-corrected chi connectivity index (χ3v) is 2.78. The summed E-state index contributed by atoms with van der Waals surface area (Å²) in [7, 11) is 0. The summed E-state index contributed by atoms with van der Waals surface area (Å²) in [4.78, 5) is 11.7. The van der Waals surface area contributed by atoms with E-state index in [1.165, 1.54) is 0 Å². The van der Waals surface area contributed by atoms with Crippen molar-refractivity contribution in [3.05, 3.63) is 29.8 Å². The predicted octanol–water partition coefficient (Wildman–Crippen LogP) is 0.869. The number of amides is 1. The normalized spacial score (nSPS) is 19.7. The van der Waals surface area contributed by atoms with E-state index in [4.69, 9.17) is 5.11 Å². The molecule has 1 atom stereocenters. The van der Waals surface area contributed by atoms with Crippen molar-refractivity contribution in [2.45, 2.75) is 25.5 Å². The second-order valence-corrected chi connectivity index (χ2v) is 3.99. The maximum Gasteiger partial charge on any atom is 0.241 e. The largest absolute Gasteiger partial charge is 0.392 e. The predicted molar refractivity (Wildman–Crippen MR) is 62.0 cm³/mol. The van der Waals surface area contributed by atoms with Gasteiger partial charge in [-0.15, -0.1) is 0 Å². The van der Waals surface area contributed by atoms with Crippen molar-refractivity contribution in [2.75, 3.05) is 11.9 Å². The molecule has 1 aliphatic rings. The van der Waals surface area contributed by atoms with E-state index >= 15 is 0 Å². The molecule has 2 rings (SSSR count). The van der Waals surface area contributed by atoms with E-state index in [-0.39, 0.29) is 18.6 Å². The number of carbonyl (C=O) groups is 1. The minimum atomic E-state index is -0.0579. The van der Waals surface area contributed by atoms with Crippen LogP contribution in [-0.2, 0) is 11.4 Å². The Kier molecular flexibility index (Phi) is 3.54. The molecule has 1 aromatic rings. The molecule has 0 radical (unpaired) electrons. The van der Waals surface area contributed by atoms with Gasteiger partial charge < -0.3 is 15.7 Å². The molecule has 0 bridgehead atoms. The van der Waals surface area contributed by atoms with E-state index < -0.39 is 0 Å². The van der Waals surface area contributed by atoms with Crippen LogP contribution in [0.2, 0.25) is 0 Å². The summed E-state index contributed by atoms with van der Waals surface area (Å²) >= 11 is 0. The van der Waals surface area contributed by atoms with Gasteiger partial charge in [0.1, 0.15) is 0 Å². The molecular formula is C12H16N2O2. The average molecular weight is 220 g/mol. The zero-order chi connectivity index (χ0) is 11.4. The topological polar surface area (TPSA) is 61.4 Å². The molecule has 16 heavy (non-hydrogen) atoms. The van der Waals surface area contributed by atoms with Gasteiger partial charge in [0.15, 0.2) is 0 Å². The number of nitrogens with one attached hydrogen (secondary N) is 2. The number of carbonyl (C=O) groups excluding carboxylic acids is 1. The Morgan fingerprint density at radius 2 is 2.19 bits per heavy atom. The molecule has 4 nitrogen and oxygen atoms in total. The van der Waals surface area contributed by atoms with Crippen molar-refractivity contribution >= 4 is 11.6 Å². The maximum absolute atomic E-state index is 11.7. The zero-order valence-electron chi connectivity index (χ0n) is 9.07. The van der Waals surface area contributed by atoms with E-state index in [1.54, 1.807) is 24.3 Å². The van der Waals surface area contributed by atoms with E-state index in [0.717, 1.165) is 30.6 Å². The highest BCUT2D eigenvalue weighted by Gasteiger charge is 2.21. The zero-order valence-corrected chi connectivity index (χ0v) is 9.07. The fourth-order valence-electron chi connectivity index (χ4n) is 1.83. The summed E-state index contributed by atoms with van der Waals surface area (Å²) < 4.78 is 0. The molecule has 1 amide bonds. The molecule has 1 aromatic carbocycles. The summed E-state index contributed by atoms with van der Waals surface area (Å²) in [5.41, 5.74) is 1.62. The van der Waals surface area contributed by atoms with Gasteiger partial charge in [0, 0.05) is 5.69 Å². The van der Waals surface area contributed by atoms with Crippen LogP contribution in [-0.4, -0.2) is 23.6 Å². The minimum absolute atomic E-state index is 0.0225. The molecule has 0 saturated carbocycles. The van der Waals surface area contributed by atoms with E-state index in [2.05, 4.69) is 10.6 Å². The number of anilines is 1. The molecule has 86 valence electrons. The fourth-order valence-corrected chi connectivity index (χ4v) is 1.83. The molecule has 0 aliphatic carbocycles. The number of rotatable bonds is 3. The molecule has 0 spiro atoms. The molecule has 0 aromatic heterocycles. The third kappa shape index (κ3) is 2.59. The molecule has 0 unspecified atom stereocenters. The van der Waals surface area contributed by atoms with Crippen LogP contribution in [0, 0.1) is 0 Å². The first kappa shape index (κ1) is 11.1. The summed E-state index contributed by atoms with van der Waals surface area (Å²) in [6.45, 7) is 0.944. The van der Waals surface area contributed by atoms with Crippen molar-refractivity contribution in [2.24, 2.45) is 0 Å². The average Bonchev–Trinajstić information content (AvgIpc) is 2.83. The lowest BCUT2D eigenvalue weighted by molar-refractivity contribution is -0.117. The van der Waals surface area contributed by atoms with Gasteiger partial charge >= 0.3 is 0 Å². The van der Waals surface area contributed by atoms with Crippen LogP contribution in [0.4, 0.5) is 5.69 Å². The highest BCUT2D eigenvalue weighted by Crippen LogP contribution is 2.12. The lowest BCUT2D eigenvalue weighted by Gasteiger charge is -2.11. The van der Waals surface area contributed by atoms with Crippen molar-refractivity contribution < 1.29 is 9.90 Å². The molecule has 1 saturated heterocycles. The van der Waals surface area contributed by atoms with Gasteiger partial charge in [-0.3, -0.25) is 4.79 Å². The van der Waals surface area contributed by atoms with Crippen molar-refractivity contribution in [3.8, 4) is 0 Å². The van der Waals surface area contributed by atoms with E-state index in [0.29, 0.717) is 0 Å². The van der Waals surface area contributed by atoms with E-state index in [9.17, 15) is 4.79 Å². The minimum Gasteiger partial charge on any atom is -0.392 e. The molecular weight excluding hydrogens is 204 g/mol. The van der Waals surface area contributed by atoms with Gasteiger partial charge in [-0.1, -0.05) is 12.1 Å². The number of aliphatic hydroxyl groups excluding tert-OH is 1. The van der Waals surface area contributed by atoms with Crippen LogP contribution >= 0.6 is 0 Å². The smallest absolute Gasteiger partial charge is 0.241 e. The first-order valence-electron chi connectivity index (χ1n) is 5.53. The monoisotopic (exact) mass is 220 g/mol. The van der Waals surface area contributed by atoms with Crippen LogP contribution in [0.3, 0.4) is 0 Å². The Morgan fingerprint density at radius 1 is 1.44 bits per heavy atom. The molecule has 1 heterocycles. The Morgan fingerprint density at radius 3 is 2.75 bits per heavy atom. The first-order valence-corrected chi connectivity index (χ1v) is 5.53. The lowest BCUT2D eigenvalue weighted by Crippen LogP contribution is -2.35. The van der Waals surface area contributed by atoms with Crippen molar-refractivity contribution in [1.29, 1.82) is 0 Å².